The predicted octanol–water partition coefficient (Wildman–Crippen LogP) is 1.49. The first-order valence-corrected chi connectivity index (χ1v) is 10.7. The summed E-state index contributed by atoms with van der Waals surface area (Å²) in [7, 11) is 0. The van der Waals surface area contributed by atoms with E-state index in [1.165, 1.54) is 5.56 Å². The van der Waals surface area contributed by atoms with E-state index < -0.39 is 12.1 Å². The summed E-state index contributed by atoms with van der Waals surface area (Å²) in [6.07, 6.45) is 0.327. The molecule has 0 aliphatic carbocycles. The molecule has 0 spiro atoms. The van der Waals surface area contributed by atoms with Crippen LogP contribution in [0.2, 0.25) is 0 Å². The molecular formula is C22H32N4O4. The van der Waals surface area contributed by atoms with Crippen molar-refractivity contribution in [3.63, 3.8) is 0 Å². The van der Waals surface area contributed by atoms with Gasteiger partial charge in [-0.15, -0.1) is 0 Å². The van der Waals surface area contributed by atoms with Crippen molar-refractivity contribution in [2.75, 3.05) is 50.8 Å². The quantitative estimate of drug-likeness (QED) is 0.760. The number of nitrogens with one attached hydrogen (secondary N) is 1. The number of fused-ring (bicyclic) bond motifs is 1. The third kappa shape index (κ3) is 5.11. The SMILES string of the molecule is CCOC(=O)NC(C(=O)N1CCN(CC(=O)N2CCc3ccccc32)CC1)C(C)C. The van der Waals surface area contributed by atoms with Crippen LogP contribution in [0.1, 0.15) is 26.3 Å². The molecule has 0 bridgehead atoms. The van der Waals surface area contributed by atoms with E-state index in [0.717, 1.165) is 18.7 Å². The van der Waals surface area contributed by atoms with Gasteiger partial charge in [0, 0.05) is 38.4 Å². The van der Waals surface area contributed by atoms with Gasteiger partial charge in [-0.3, -0.25) is 14.5 Å². The van der Waals surface area contributed by atoms with Gasteiger partial charge in [0.25, 0.3) is 0 Å². The standard InChI is InChI=1S/C22H32N4O4/c1-4-30-22(29)23-20(16(2)3)21(28)25-13-11-24(12-14-25)15-19(27)26-10-9-17-7-5-6-8-18(17)26/h5-8,16,20H,4,9-15H2,1-3H3,(H,23,29). The highest BCUT2D eigenvalue weighted by molar-refractivity contribution is 5.96. The number of benzene rings is 1. The van der Waals surface area contributed by atoms with Crippen molar-refractivity contribution in [3.05, 3.63) is 29.8 Å². The van der Waals surface area contributed by atoms with E-state index in [4.69, 9.17) is 4.74 Å². The van der Waals surface area contributed by atoms with E-state index in [9.17, 15) is 14.4 Å². The van der Waals surface area contributed by atoms with Crippen LogP contribution in [-0.4, -0.2) is 79.6 Å². The summed E-state index contributed by atoms with van der Waals surface area (Å²) in [6.45, 7) is 9.22. The number of hydrogen-bond acceptors (Lipinski definition) is 5. The summed E-state index contributed by atoms with van der Waals surface area (Å²) < 4.78 is 4.92. The Morgan fingerprint density at radius 1 is 1.07 bits per heavy atom. The normalized spacial score (nSPS) is 17.6. The van der Waals surface area contributed by atoms with Gasteiger partial charge in [-0.05, 0) is 30.9 Å². The smallest absolute Gasteiger partial charge is 0.407 e. The maximum absolute atomic E-state index is 12.9. The van der Waals surface area contributed by atoms with Crippen LogP contribution in [0.15, 0.2) is 24.3 Å². The van der Waals surface area contributed by atoms with Gasteiger partial charge < -0.3 is 19.9 Å². The van der Waals surface area contributed by atoms with Crippen LogP contribution in [0, 0.1) is 5.92 Å². The van der Waals surface area contributed by atoms with E-state index in [1.54, 1.807) is 11.8 Å². The van der Waals surface area contributed by atoms with Crippen LogP contribution < -0.4 is 10.2 Å². The highest BCUT2D eigenvalue weighted by atomic mass is 16.5. The van der Waals surface area contributed by atoms with Crippen LogP contribution in [0.4, 0.5) is 10.5 Å². The van der Waals surface area contributed by atoms with Gasteiger partial charge in [0.05, 0.1) is 13.2 Å². The molecule has 2 heterocycles. The van der Waals surface area contributed by atoms with Gasteiger partial charge >= 0.3 is 6.09 Å². The first kappa shape index (κ1) is 22.1. The number of ether oxygens (including phenoxy) is 1. The second-order valence-electron chi connectivity index (χ2n) is 8.11. The first-order chi connectivity index (χ1) is 14.4. The number of carbonyl (C=O) groups excluding carboxylic acids is 3. The largest absolute Gasteiger partial charge is 0.450 e. The monoisotopic (exact) mass is 416 g/mol. The minimum Gasteiger partial charge on any atom is -0.450 e. The Morgan fingerprint density at radius 3 is 2.43 bits per heavy atom. The Hall–Kier alpha value is -2.61. The molecule has 1 fully saturated rings. The fraction of sp³-hybridized carbons (Fsp3) is 0.591. The molecule has 1 atom stereocenters. The van der Waals surface area contributed by atoms with E-state index in [-0.39, 0.29) is 24.3 Å². The van der Waals surface area contributed by atoms with Crippen LogP contribution in [0.3, 0.4) is 0 Å². The molecule has 1 unspecified atom stereocenters. The molecular weight excluding hydrogens is 384 g/mol. The lowest BCUT2D eigenvalue weighted by Crippen LogP contribution is -2.57. The molecule has 1 aromatic rings. The topological polar surface area (TPSA) is 82.2 Å². The van der Waals surface area contributed by atoms with E-state index >= 15 is 0 Å². The highest BCUT2D eigenvalue weighted by Gasteiger charge is 2.32. The Kier molecular flexibility index (Phi) is 7.31. The number of rotatable bonds is 6. The van der Waals surface area contributed by atoms with Gasteiger partial charge in [-0.2, -0.15) is 0 Å². The Balaban J connectivity index is 1.51. The number of nitrogens with zero attached hydrogens (tertiary/aromatic N) is 3. The fourth-order valence-corrected chi connectivity index (χ4v) is 4.01. The molecule has 1 aromatic carbocycles. The number of anilines is 1. The van der Waals surface area contributed by atoms with Crippen molar-refractivity contribution < 1.29 is 19.1 Å². The molecule has 3 amide bonds. The van der Waals surface area contributed by atoms with E-state index in [2.05, 4.69) is 16.3 Å². The van der Waals surface area contributed by atoms with Crippen LogP contribution in [-0.2, 0) is 20.7 Å². The second kappa shape index (κ2) is 9.93. The van der Waals surface area contributed by atoms with Gasteiger partial charge in [0.15, 0.2) is 0 Å². The molecule has 3 rings (SSSR count). The van der Waals surface area contributed by atoms with Crippen LogP contribution in [0.5, 0.6) is 0 Å². The summed E-state index contributed by atoms with van der Waals surface area (Å²) in [5, 5.41) is 2.68. The van der Waals surface area contributed by atoms with Gasteiger partial charge in [0.2, 0.25) is 11.8 Å². The summed E-state index contributed by atoms with van der Waals surface area (Å²) in [5.41, 5.74) is 2.23. The van der Waals surface area contributed by atoms with Gasteiger partial charge in [0.1, 0.15) is 6.04 Å². The number of carbonyl (C=O) groups is 3. The minimum absolute atomic E-state index is 0.0447. The van der Waals surface area contributed by atoms with E-state index in [0.29, 0.717) is 32.7 Å². The van der Waals surface area contributed by atoms with Gasteiger partial charge in [-0.1, -0.05) is 32.0 Å². The number of alkyl carbamates (subject to hydrolysis) is 1. The number of amides is 3. The van der Waals surface area contributed by atoms with E-state index in [1.807, 2.05) is 36.9 Å². The maximum Gasteiger partial charge on any atom is 0.407 e. The molecule has 8 heteroatoms. The molecule has 0 aromatic heterocycles. The maximum atomic E-state index is 12.9. The third-order valence-corrected chi connectivity index (χ3v) is 5.71. The summed E-state index contributed by atoms with van der Waals surface area (Å²) in [5.74, 6) is -0.0435. The van der Waals surface area contributed by atoms with Crippen LogP contribution in [0.25, 0.3) is 0 Å². The zero-order valence-electron chi connectivity index (χ0n) is 18.1. The summed E-state index contributed by atoms with van der Waals surface area (Å²) in [4.78, 5) is 43.2. The molecule has 0 saturated carbocycles. The molecule has 164 valence electrons. The molecule has 8 nitrogen and oxygen atoms in total. The molecule has 2 aliphatic rings. The fourth-order valence-electron chi connectivity index (χ4n) is 4.01. The summed E-state index contributed by atoms with van der Waals surface area (Å²) in [6, 6.07) is 7.43. The highest BCUT2D eigenvalue weighted by Crippen LogP contribution is 2.27. The zero-order valence-corrected chi connectivity index (χ0v) is 18.1. The van der Waals surface area contributed by atoms with Gasteiger partial charge in [-0.25, -0.2) is 4.79 Å². The van der Waals surface area contributed by atoms with Crippen molar-refractivity contribution >= 4 is 23.6 Å². The number of hydrogen-bond donors (Lipinski definition) is 1. The second-order valence-corrected chi connectivity index (χ2v) is 8.11. The van der Waals surface area contributed by atoms with Crippen molar-refractivity contribution in [2.45, 2.75) is 33.2 Å². The molecule has 1 saturated heterocycles. The van der Waals surface area contributed by atoms with Crippen LogP contribution >= 0.6 is 0 Å². The molecule has 0 radical (unpaired) electrons. The minimum atomic E-state index is -0.613. The first-order valence-electron chi connectivity index (χ1n) is 10.7. The lowest BCUT2D eigenvalue weighted by molar-refractivity contribution is -0.136. The Bertz CT molecular complexity index is 774. The third-order valence-electron chi connectivity index (χ3n) is 5.71. The summed E-state index contributed by atoms with van der Waals surface area (Å²) >= 11 is 0. The lowest BCUT2D eigenvalue weighted by atomic mass is 10.0. The van der Waals surface area contributed by atoms with Crippen molar-refractivity contribution in [1.82, 2.24) is 15.1 Å². The average Bonchev–Trinajstić information content (AvgIpc) is 3.16. The van der Waals surface area contributed by atoms with Crippen molar-refractivity contribution in [3.8, 4) is 0 Å². The average molecular weight is 417 g/mol. The number of para-hydroxylation sites is 1. The number of piperazine rings is 1. The molecule has 2 aliphatic heterocycles. The van der Waals surface area contributed by atoms with Crippen molar-refractivity contribution in [1.29, 1.82) is 0 Å². The van der Waals surface area contributed by atoms with Crippen molar-refractivity contribution in [2.24, 2.45) is 5.92 Å². The Labute approximate surface area is 178 Å². The lowest BCUT2D eigenvalue weighted by Gasteiger charge is -2.37. The molecule has 30 heavy (non-hydrogen) atoms. The Morgan fingerprint density at radius 2 is 1.77 bits per heavy atom. The zero-order chi connectivity index (χ0) is 21.7. The molecule has 1 N–H and O–H groups in total. The predicted molar refractivity (Wildman–Crippen MR) is 114 cm³/mol.